The summed E-state index contributed by atoms with van der Waals surface area (Å²) in [5.41, 5.74) is 0. The molecule has 10 heavy (non-hydrogen) atoms. The summed E-state index contributed by atoms with van der Waals surface area (Å²) >= 11 is 4.26. The molecule has 0 amide bonds. The standard InChI is InChI=1S/C4H6O4S.Au/c5-3(6)1-2(9)4(7)8;/h2,9H,1H2,(H,5,6)(H,7,8);/p+1. The van der Waals surface area contributed by atoms with Crippen LogP contribution in [0.1, 0.15) is 9.27 Å². The van der Waals surface area contributed by atoms with Crippen molar-refractivity contribution in [2.24, 2.45) is 0 Å². The molecule has 0 aromatic carbocycles. The van der Waals surface area contributed by atoms with E-state index in [-0.39, 0.29) is 25.2 Å². The molecule has 0 aliphatic rings. The molecule has 0 aliphatic carbocycles. The maximum atomic E-state index is 9.87. The SMILES string of the molecule is O=C(O)CC([S-])C(=O)O.[Au].[H+].[H+]. The molecule has 0 saturated heterocycles. The van der Waals surface area contributed by atoms with Crippen molar-refractivity contribution in [1.82, 2.24) is 0 Å². The van der Waals surface area contributed by atoms with E-state index < -0.39 is 23.6 Å². The van der Waals surface area contributed by atoms with Crippen molar-refractivity contribution in [2.75, 3.05) is 0 Å². The zero-order valence-electron chi connectivity index (χ0n) is 6.71. The summed E-state index contributed by atoms with van der Waals surface area (Å²) in [7, 11) is 0. The molecule has 0 aromatic heterocycles. The largest absolute Gasteiger partial charge is 1.00 e. The summed E-state index contributed by atoms with van der Waals surface area (Å²) in [5, 5.41) is 14.9. The van der Waals surface area contributed by atoms with Gasteiger partial charge in [-0.25, -0.2) is 0 Å². The second-order valence-electron chi connectivity index (χ2n) is 1.42. The van der Waals surface area contributed by atoms with Crippen LogP contribution < -0.4 is 0 Å². The molecule has 0 aromatic rings. The first-order valence-corrected chi connectivity index (χ1v) is 2.61. The molecule has 0 spiro atoms. The summed E-state index contributed by atoms with van der Waals surface area (Å²) in [6.45, 7) is 0. The van der Waals surface area contributed by atoms with Crippen molar-refractivity contribution in [2.45, 2.75) is 11.7 Å². The Bertz CT molecular complexity index is 145. The number of carboxylic acids is 2. The van der Waals surface area contributed by atoms with Crippen molar-refractivity contribution >= 4 is 24.6 Å². The topological polar surface area (TPSA) is 74.6 Å². The van der Waals surface area contributed by atoms with Gasteiger partial charge in [-0.2, -0.15) is 0 Å². The van der Waals surface area contributed by atoms with Crippen molar-refractivity contribution in [1.29, 1.82) is 0 Å². The number of carboxylic acid groups (broad SMARTS) is 2. The van der Waals surface area contributed by atoms with Crippen LogP contribution in [0.25, 0.3) is 0 Å². The molecule has 0 saturated carbocycles. The minimum absolute atomic E-state index is 0. The molecule has 1 unspecified atom stereocenters. The normalized spacial score (nSPS) is 11.3. The summed E-state index contributed by atoms with van der Waals surface area (Å²) in [5.74, 6) is -2.44. The van der Waals surface area contributed by atoms with Crippen molar-refractivity contribution < 1.29 is 45.0 Å². The molecule has 1 radical (unpaired) electrons. The molecule has 2 N–H and O–H groups in total. The molecule has 63 valence electrons. The van der Waals surface area contributed by atoms with Crippen molar-refractivity contribution in [3.8, 4) is 0 Å². The van der Waals surface area contributed by atoms with E-state index >= 15 is 0 Å². The summed E-state index contributed by atoms with van der Waals surface area (Å²) < 4.78 is 0. The molecular weight excluding hydrogens is 341 g/mol. The van der Waals surface area contributed by atoms with Crippen LogP contribution in [0, 0.1) is 0 Å². The van der Waals surface area contributed by atoms with Crippen LogP contribution in [0.5, 0.6) is 0 Å². The first-order valence-electron chi connectivity index (χ1n) is 2.14. The van der Waals surface area contributed by atoms with Gasteiger partial charge in [-0.15, -0.1) is 0 Å². The monoisotopic (exact) mass is 348 g/mol. The maximum Gasteiger partial charge on any atom is 1.00 e. The Balaban J connectivity index is -0.000000107. The molecule has 0 fully saturated rings. The zero-order chi connectivity index (χ0) is 7.44. The van der Waals surface area contributed by atoms with Gasteiger partial charge in [0.1, 0.15) is 0 Å². The van der Waals surface area contributed by atoms with Crippen molar-refractivity contribution in [3.63, 3.8) is 0 Å². The summed E-state index contributed by atoms with van der Waals surface area (Å²) in [6, 6.07) is 0. The Morgan fingerprint density at radius 3 is 2.00 bits per heavy atom. The van der Waals surface area contributed by atoms with Crippen LogP contribution in [-0.2, 0) is 44.6 Å². The number of hydrogen-bond donors (Lipinski definition) is 2. The Kier molecular flexibility index (Phi) is 7.34. The van der Waals surface area contributed by atoms with Gasteiger partial charge in [-0.1, -0.05) is 5.25 Å². The third-order valence-corrected chi connectivity index (χ3v) is 1.00. The van der Waals surface area contributed by atoms with Gasteiger partial charge in [-0.3, -0.25) is 9.59 Å². The molecular formula is C4H7AuO4S+. The average Bonchev–Trinajstić information content (AvgIpc) is 1.63. The van der Waals surface area contributed by atoms with Gasteiger partial charge in [0.2, 0.25) is 0 Å². The van der Waals surface area contributed by atoms with E-state index in [0.29, 0.717) is 0 Å². The van der Waals surface area contributed by atoms with Crippen LogP contribution in [0.15, 0.2) is 0 Å². The predicted molar refractivity (Wildman–Crippen MR) is 33.3 cm³/mol. The summed E-state index contributed by atoms with van der Waals surface area (Å²) in [4.78, 5) is 19.7. The fraction of sp³-hybridized carbons (Fsp3) is 0.500. The van der Waals surface area contributed by atoms with Gasteiger partial charge in [0.25, 0.3) is 5.97 Å². The molecule has 0 aliphatic heterocycles. The number of aliphatic carboxylic acids is 2. The van der Waals surface area contributed by atoms with Gasteiger partial charge in [0, 0.05) is 28.8 Å². The van der Waals surface area contributed by atoms with E-state index in [4.69, 9.17) is 10.2 Å². The second kappa shape index (κ2) is 5.79. The number of rotatable bonds is 3. The quantitative estimate of drug-likeness (QED) is 0.541. The average molecular weight is 348 g/mol. The van der Waals surface area contributed by atoms with E-state index in [1.54, 1.807) is 0 Å². The fourth-order valence-corrected chi connectivity index (χ4v) is 0.388. The van der Waals surface area contributed by atoms with Gasteiger partial charge in [0.15, 0.2) is 0 Å². The molecule has 1 atom stereocenters. The predicted octanol–water partition coefficient (Wildman–Crippen LogP) is -0.316. The van der Waals surface area contributed by atoms with Crippen LogP contribution in [0.4, 0.5) is 0 Å². The third kappa shape index (κ3) is 6.15. The Labute approximate surface area is 81.5 Å². The van der Waals surface area contributed by atoms with E-state index in [9.17, 15) is 9.59 Å². The fourth-order valence-electron chi connectivity index (χ4n) is 0.246. The van der Waals surface area contributed by atoms with Gasteiger partial charge < -0.3 is 22.8 Å². The Morgan fingerprint density at radius 1 is 1.50 bits per heavy atom. The minimum Gasteiger partial charge on any atom is -0.778 e. The number of carbonyl (C=O) groups is 2. The van der Waals surface area contributed by atoms with Crippen molar-refractivity contribution in [3.05, 3.63) is 0 Å². The van der Waals surface area contributed by atoms with Crippen LogP contribution in [0.2, 0.25) is 0 Å². The Hall–Kier alpha value is 0.0303. The number of hydrogen-bond acceptors (Lipinski definition) is 3. The van der Waals surface area contributed by atoms with E-state index in [1.165, 1.54) is 0 Å². The molecule has 0 bridgehead atoms. The smallest absolute Gasteiger partial charge is 0.778 e. The van der Waals surface area contributed by atoms with Gasteiger partial charge in [0.05, 0.1) is 0 Å². The molecule has 0 heterocycles. The van der Waals surface area contributed by atoms with E-state index in [0.717, 1.165) is 0 Å². The first kappa shape index (κ1) is 12.7. The van der Waals surface area contributed by atoms with E-state index in [2.05, 4.69) is 12.6 Å². The first-order chi connectivity index (χ1) is 4.04. The summed E-state index contributed by atoms with van der Waals surface area (Å²) in [6.07, 6.45) is -0.495. The Morgan fingerprint density at radius 2 is 1.90 bits per heavy atom. The molecule has 6 heteroatoms. The third-order valence-electron chi connectivity index (χ3n) is 0.635. The second-order valence-corrected chi connectivity index (χ2v) is 1.99. The zero-order valence-corrected chi connectivity index (χ0v) is 7.69. The van der Waals surface area contributed by atoms with Gasteiger partial charge >= 0.3 is 8.82 Å². The van der Waals surface area contributed by atoms with Crippen LogP contribution >= 0.6 is 0 Å². The minimum atomic E-state index is -1.26. The molecule has 0 rings (SSSR count). The van der Waals surface area contributed by atoms with Crippen LogP contribution in [-0.4, -0.2) is 27.4 Å². The van der Waals surface area contributed by atoms with Crippen LogP contribution in [0.3, 0.4) is 0 Å². The van der Waals surface area contributed by atoms with E-state index in [1.807, 2.05) is 0 Å². The van der Waals surface area contributed by atoms with Gasteiger partial charge in [-0.05, 0) is 0 Å². The molecule has 4 nitrogen and oxygen atoms in total. The maximum absolute atomic E-state index is 9.87.